The molecule has 0 N–H and O–H groups in total. The van der Waals surface area contributed by atoms with Crippen molar-refractivity contribution in [3.8, 4) is 22.4 Å². The number of nitrogens with zero attached hydrogens (tertiary/aromatic N) is 1. The van der Waals surface area contributed by atoms with Gasteiger partial charge >= 0.3 is 0 Å². The molecule has 2 heterocycles. The van der Waals surface area contributed by atoms with Crippen molar-refractivity contribution in [2.45, 2.75) is 0 Å². The Hall–Kier alpha value is -4.56. The molecule has 0 atom stereocenters. The SMILES string of the molecule is [CH2-][n+]1c(-c2cccc3c2oc2ccccc23)cc(-c2ccccc2)c2c3ccccc3ccc21. The first-order valence-electron chi connectivity index (χ1n) is 11.5. The minimum atomic E-state index is 0.889. The molecule has 0 bridgehead atoms. The van der Waals surface area contributed by atoms with E-state index in [-0.39, 0.29) is 0 Å². The Kier molecular flexibility index (Phi) is 4.03. The second-order valence-corrected chi connectivity index (χ2v) is 8.70. The number of aromatic nitrogens is 1. The van der Waals surface area contributed by atoms with Crippen molar-refractivity contribution >= 4 is 43.6 Å². The predicted molar refractivity (Wildman–Crippen MR) is 141 cm³/mol. The number of hydrogen-bond acceptors (Lipinski definition) is 1. The van der Waals surface area contributed by atoms with Gasteiger partial charge in [0.05, 0.1) is 0 Å². The van der Waals surface area contributed by atoms with E-state index in [0.717, 1.165) is 38.7 Å². The molecule has 0 saturated heterocycles. The molecular formula is C32H21NO. The molecule has 0 fully saturated rings. The van der Waals surface area contributed by atoms with E-state index in [1.807, 2.05) is 12.1 Å². The lowest BCUT2D eigenvalue weighted by molar-refractivity contribution is -0.572. The Balaban J connectivity index is 1.64. The van der Waals surface area contributed by atoms with Crippen LogP contribution in [-0.2, 0) is 0 Å². The van der Waals surface area contributed by atoms with Crippen molar-refractivity contribution in [2.75, 3.05) is 0 Å². The predicted octanol–water partition coefficient (Wildman–Crippen LogP) is 8.15. The summed E-state index contributed by atoms with van der Waals surface area (Å²) >= 11 is 0. The van der Waals surface area contributed by atoms with Crippen LogP contribution >= 0.6 is 0 Å². The number of hydrogen-bond donors (Lipinski definition) is 0. The molecule has 5 aromatic carbocycles. The first kappa shape index (κ1) is 19.0. The fraction of sp³-hybridized carbons (Fsp3) is 0. The highest BCUT2D eigenvalue weighted by Crippen LogP contribution is 2.39. The summed E-state index contributed by atoms with van der Waals surface area (Å²) in [5.41, 5.74) is 7.30. The summed E-state index contributed by atoms with van der Waals surface area (Å²) in [7, 11) is 4.50. The Bertz CT molecular complexity index is 1860. The quantitative estimate of drug-likeness (QED) is 0.152. The maximum absolute atomic E-state index is 6.38. The van der Waals surface area contributed by atoms with E-state index < -0.39 is 0 Å². The van der Waals surface area contributed by atoms with Crippen molar-refractivity contribution in [3.05, 3.63) is 122 Å². The average Bonchev–Trinajstić information content (AvgIpc) is 3.28. The van der Waals surface area contributed by atoms with E-state index >= 15 is 0 Å². The Morgan fingerprint density at radius 1 is 0.588 bits per heavy atom. The average molecular weight is 436 g/mol. The second kappa shape index (κ2) is 7.23. The van der Waals surface area contributed by atoms with Gasteiger partial charge in [-0.1, -0.05) is 97.1 Å². The molecule has 7 rings (SSSR count). The molecule has 2 aromatic heterocycles. The monoisotopic (exact) mass is 435 g/mol. The maximum Gasteiger partial charge on any atom is 0.136 e. The van der Waals surface area contributed by atoms with Crippen molar-refractivity contribution in [3.63, 3.8) is 0 Å². The fourth-order valence-electron chi connectivity index (χ4n) is 5.20. The molecular weight excluding hydrogens is 414 g/mol. The number of para-hydroxylation sites is 2. The molecule has 0 saturated carbocycles. The highest BCUT2D eigenvalue weighted by Gasteiger charge is 2.18. The lowest BCUT2D eigenvalue weighted by Gasteiger charge is -2.18. The number of pyridine rings is 1. The molecule has 2 nitrogen and oxygen atoms in total. The van der Waals surface area contributed by atoms with Gasteiger partial charge in [-0.25, -0.2) is 0 Å². The fourth-order valence-corrected chi connectivity index (χ4v) is 5.20. The van der Waals surface area contributed by atoms with Gasteiger partial charge in [0.1, 0.15) is 22.4 Å². The van der Waals surface area contributed by atoms with Crippen molar-refractivity contribution in [2.24, 2.45) is 0 Å². The molecule has 0 aliphatic rings. The van der Waals surface area contributed by atoms with Gasteiger partial charge in [-0.2, -0.15) is 0 Å². The van der Waals surface area contributed by atoms with Crippen LogP contribution in [0.3, 0.4) is 0 Å². The van der Waals surface area contributed by atoms with Crippen molar-refractivity contribution < 1.29 is 8.98 Å². The standard InChI is InChI=1S/C32H21NO/c1-33-28-19-18-22-12-5-6-13-23(22)31(28)27(21-10-3-2-4-11-21)20-29(33)26-16-9-15-25-24-14-7-8-17-30(24)34-32(25)26/h2-20H,1H2. The van der Waals surface area contributed by atoms with Crippen LogP contribution in [0, 0.1) is 7.05 Å². The Morgan fingerprint density at radius 2 is 1.32 bits per heavy atom. The molecule has 7 aromatic rings. The summed E-state index contributed by atoms with van der Waals surface area (Å²) in [5, 5.41) is 5.90. The van der Waals surface area contributed by atoms with Crippen LogP contribution < -0.4 is 4.57 Å². The lowest BCUT2D eigenvalue weighted by atomic mass is 9.94. The number of benzene rings is 5. The van der Waals surface area contributed by atoms with E-state index in [2.05, 4.69) is 115 Å². The van der Waals surface area contributed by atoms with Crippen LogP contribution in [0.2, 0.25) is 0 Å². The zero-order valence-corrected chi connectivity index (χ0v) is 18.5. The normalized spacial score (nSPS) is 11.6. The van der Waals surface area contributed by atoms with E-state index in [4.69, 9.17) is 4.42 Å². The molecule has 34 heavy (non-hydrogen) atoms. The summed E-state index contributed by atoms with van der Waals surface area (Å²) in [6.45, 7) is 0. The Morgan fingerprint density at radius 3 is 2.21 bits per heavy atom. The minimum Gasteiger partial charge on any atom is -0.456 e. The van der Waals surface area contributed by atoms with Crippen LogP contribution in [0.25, 0.3) is 66.0 Å². The van der Waals surface area contributed by atoms with E-state index in [1.54, 1.807) is 0 Å². The molecule has 0 unspecified atom stereocenters. The van der Waals surface area contributed by atoms with E-state index in [0.29, 0.717) is 0 Å². The molecule has 0 aliphatic carbocycles. The van der Waals surface area contributed by atoms with Crippen molar-refractivity contribution in [1.82, 2.24) is 0 Å². The van der Waals surface area contributed by atoms with Crippen LogP contribution in [0.5, 0.6) is 0 Å². The Labute approximate surface area is 197 Å². The summed E-state index contributed by atoms with van der Waals surface area (Å²) in [5.74, 6) is 0. The molecule has 0 amide bonds. The zero-order valence-electron chi connectivity index (χ0n) is 18.5. The minimum absolute atomic E-state index is 0.889. The van der Waals surface area contributed by atoms with Crippen LogP contribution in [0.15, 0.2) is 120 Å². The highest BCUT2D eigenvalue weighted by molar-refractivity contribution is 6.14. The van der Waals surface area contributed by atoms with E-state index in [9.17, 15) is 0 Å². The van der Waals surface area contributed by atoms with Crippen molar-refractivity contribution in [1.29, 1.82) is 0 Å². The maximum atomic E-state index is 6.38. The smallest absolute Gasteiger partial charge is 0.136 e. The van der Waals surface area contributed by atoms with Gasteiger partial charge in [0.15, 0.2) is 0 Å². The van der Waals surface area contributed by atoms with Gasteiger partial charge in [0, 0.05) is 28.8 Å². The first-order chi connectivity index (χ1) is 16.8. The third-order valence-electron chi connectivity index (χ3n) is 6.80. The van der Waals surface area contributed by atoms with Crippen LogP contribution in [-0.4, -0.2) is 0 Å². The van der Waals surface area contributed by atoms with Crippen LogP contribution in [0.4, 0.5) is 0 Å². The highest BCUT2D eigenvalue weighted by atomic mass is 16.3. The summed E-state index contributed by atoms with van der Waals surface area (Å²) in [4.78, 5) is 0. The van der Waals surface area contributed by atoms with Gasteiger partial charge in [-0.15, -0.1) is 0 Å². The molecule has 160 valence electrons. The number of furan rings is 1. The van der Waals surface area contributed by atoms with E-state index in [1.165, 1.54) is 27.3 Å². The summed E-state index contributed by atoms with van der Waals surface area (Å²) in [6, 6.07) is 40.4. The topological polar surface area (TPSA) is 17.0 Å². The lowest BCUT2D eigenvalue weighted by Crippen LogP contribution is -2.30. The van der Waals surface area contributed by atoms with Gasteiger partial charge in [0.2, 0.25) is 0 Å². The van der Waals surface area contributed by atoms with Crippen LogP contribution in [0.1, 0.15) is 0 Å². The van der Waals surface area contributed by atoms with Gasteiger partial charge in [0.25, 0.3) is 0 Å². The third-order valence-corrected chi connectivity index (χ3v) is 6.80. The largest absolute Gasteiger partial charge is 0.456 e. The number of fused-ring (bicyclic) bond motifs is 6. The molecule has 0 aliphatic heterocycles. The third kappa shape index (κ3) is 2.69. The molecule has 0 spiro atoms. The first-order valence-corrected chi connectivity index (χ1v) is 11.5. The molecule has 2 heteroatoms. The van der Waals surface area contributed by atoms with Gasteiger partial charge in [-0.05, 0) is 40.1 Å². The van der Waals surface area contributed by atoms with Gasteiger partial charge in [-0.3, -0.25) is 0 Å². The zero-order chi connectivity index (χ0) is 22.6. The van der Waals surface area contributed by atoms with Gasteiger partial charge < -0.3 is 8.98 Å². The second-order valence-electron chi connectivity index (χ2n) is 8.70. The summed E-state index contributed by atoms with van der Waals surface area (Å²) < 4.78 is 8.43. The summed E-state index contributed by atoms with van der Waals surface area (Å²) in [6.07, 6.45) is 0. The number of rotatable bonds is 2. The molecule has 0 radical (unpaired) electrons.